The first-order valence-corrected chi connectivity index (χ1v) is 6.61. The minimum Gasteiger partial charge on any atom is -0.461 e. The molecule has 0 saturated carbocycles. The Hall–Kier alpha value is -1.77. The average Bonchev–Trinajstić information content (AvgIpc) is 2.34. The van der Waals surface area contributed by atoms with Gasteiger partial charge in [-0.05, 0) is 44.5 Å². The van der Waals surface area contributed by atoms with Crippen LogP contribution < -0.4 is 5.32 Å². The van der Waals surface area contributed by atoms with Crippen molar-refractivity contribution < 1.29 is 9.53 Å². The number of anilines is 1. The highest BCUT2D eigenvalue weighted by molar-refractivity contribution is 5.69. The minimum absolute atomic E-state index is 0.0612. The number of rotatable bonds is 5. The summed E-state index contributed by atoms with van der Waals surface area (Å²) < 4.78 is 4.96. The predicted octanol–water partition coefficient (Wildman–Crippen LogP) is 3.86. The normalized spacial score (nSPS) is 11.6. The van der Waals surface area contributed by atoms with Crippen molar-refractivity contribution in [1.29, 1.82) is 0 Å². The van der Waals surface area contributed by atoms with Crippen molar-refractivity contribution in [2.75, 3.05) is 11.9 Å². The first kappa shape index (κ1) is 15.3. The summed E-state index contributed by atoms with van der Waals surface area (Å²) in [5.41, 5.74) is 2.25. The van der Waals surface area contributed by atoms with Crippen molar-refractivity contribution >= 4 is 17.7 Å². The molecule has 0 bridgehead atoms. The largest absolute Gasteiger partial charge is 0.461 e. The number of carbonyl (C=O) groups is 1. The van der Waals surface area contributed by atoms with Gasteiger partial charge in [-0.1, -0.05) is 25.1 Å². The Bertz CT molecular complexity index is 427. The second-order valence-corrected chi connectivity index (χ2v) is 5.44. The Morgan fingerprint density at radius 3 is 2.42 bits per heavy atom. The van der Waals surface area contributed by atoms with Crippen LogP contribution in [-0.2, 0) is 9.53 Å². The molecule has 3 nitrogen and oxygen atoms in total. The molecular formula is C16H23NO2. The second-order valence-electron chi connectivity index (χ2n) is 5.44. The SMILES string of the molecule is CCC(=O)OC/C=C/c1ccc(NC(C)(C)C)cc1. The van der Waals surface area contributed by atoms with Crippen LogP contribution in [0.25, 0.3) is 6.08 Å². The number of benzene rings is 1. The van der Waals surface area contributed by atoms with E-state index in [0.717, 1.165) is 11.3 Å². The second kappa shape index (κ2) is 6.98. The highest BCUT2D eigenvalue weighted by Crippen LogP contribution is 2.15. The van der Waals surface area contributed by atoms with Gasteiger partial charge in [0.2, 0.25) is 0 Å². The summed E-state index contributed by atoms with van der Waals surface area (Å²) in [6, 6.07) is 8.16. The van der Waals surface area contributed by atoms with E-state index < -0.39 is 0 Å². The van der Waals surface area contributed by atoms with Crippen LogP contribution in [0, 0.1) is 0 Å². The molecule has 1 aromatic rings. The average molecular weight is 261 g/mol. The maximum absolute atomic E-state index is 10.9. The summed E-state index contributed by atoms with van der Waals surface area (Å²) in [5.74, 6) is -0.172. The molecule has 0 aliphatic carbocycles. The van der Waals surface area contributed by atoms with Gasteiger partial charge in [0.1, 0.15) is 6.61 Å². The van der Waals surface area contributed by atoms with Gasteiger partial charge in [0, 0.05) is 17.6 Å². The van der Waals surface area contributed by atoms with Crippen LogP contribution in [0.2, 0.25) is 0 Å². The van der Waals surface area contributed by atoms with Gasteiger partial charge in [0.05, 0.1) is 0 Å². The van der Waals surface area contributed by atoms with Crippen molar-refractivity contribution in [2.45, 2.75) is 39.7 Å². The van der Waals surface area contributed by atoms with E-state index >= 15 is 0 Å². The standard InChI is InChI=1S/C16H23NO2/c1-5-15(18)19-12-6-7-13-8-10-14(11-9-13)17-16(2,3)4/h6-11,17H,5,12H2,1-4H3/b7-6+. The molecule has 0 atom stereocenters. The van der Waals surface area contributed by atoms with E-state index in [0.29, 0.717) is 13.0 Å². The van der Waals surface area contributed by atoms with E-state index in [-0.39, 0.29) is 11.5 Å². The molecular weight excluding hydrogens is 238 g/mol. The molecule has 104 valence electrons. The van der Waals surface area contributed by atoms with Crippen LogP contribution in [0.15, 0.2) is 30.3 Å². The fraction of sp³-hybridized carbons (Fsp3) is 0.438. The smallest absolute Gasteiger partial charge is 0.305 e. The van der Waals surface area contributed by atoms with E-state index in [1.54, 1.807) is 6.92 Å². The number of nitrogens with one attached hydrogen (secondary N) is 1. The van der Waals surface area contributed by atoms with Gasteiger partial charge in [-0.25, -0.2) is 0 Å². The third-order valence-electron chi connectivity index (χ3n) is 2.37. The molecule has 0 spiro atoms. The minimum atomic E-state index is -0.172. The Kier molecular flexibility index (Phi) is 5.61. The summed E-state index contributed by atoms with van der Waals surface area (Å²) >= 11 is 0. The molecule has 1 rings (SSSR count). The fourth-order valence-electron chi connectivity index (χ4n) is 1.54. The summed E-state index contributed by atoms with van der Waals surface area (Å²) in [4.78, 5) is 10.9. The first-order chi connectivity index (χ1) is 8.90. The molecule has 0 unspecified atom stereocenters. The zero-order valence-electron chi connectivity index (χ0n) is 12.2. The van der Waals surface area contributed by atoms with Gasteiger partial charge in [-0.2, -0.15) is 0 Å². The Labute approximate surface area is 115 Å². The lowest BCUT2D eigenvalue weighted by molar-refractivity contribution is -0.141. The Morgan fingerprint density at radius 1 is 1.26 bits per heavy atom. The first-order valence-electron chi connectivity index (χ1n) is 6.61. The molecule has 0 saturated heterocycles. The quantitative estimate of drug-likeness (QED) is 0.818. The third kappa shape index (κ3) is 6.65. The van der Waals surface area contributed by atoms with Gasteiger partial charge in [-0.15, -0.1) is 0 Å². The number of ether oxygens (including phenoxy) is 1. The van der Waals surface area contributed by atoms with Crippen LogP contribution in [0.4, 0.5) is 5.69 Å². The van der Waals surface area contributed by atoms with Gasteiger partial charge in [0.25, 0.3) is 0 Å². The molecule has 0 aliphatic rings. The van der Waals surface area contributed by atoms with E-state index in [1.165, 1.54) is 0 Å². The predicted molar refractivity (Wildman–Crippen MR) is 80.1 cm³/mol. The van der Waals surface area contributed by atoms with Crippen molar-refractivity contribution in [1.82, 2.24) is 0 Å². The number of carbonyl (C=O) groups excluding carboxylic acids is 1. The van der Waals surface area contributed by atoms with Crippen LogP contribution in [-0.4, -0.2) is 18.1 Å². The zero-order valence-corrected chi connectivity index (χ0v) is 12.2. The lowest BCUT2D eigenvalue weighted by atomic mass is 10.1. The van der Waals surface area contributed by atoms with E-state index in [2.05, 4.69) is 26.1 Å². The fourth-order valence-corrected chi connectivity index (χ4v) is 1.54. The summed E-state index contributed by atoms with van der Waals surface area (Å²) in [5, 5.41) is 3.40. The molecule has 0 aromatic heterocycles. The molecule has 0 fully saturated rings. The summed E-state index contributed by atoms with van der Waals surface area (Å²) in [7, 11) is 0. The maximum Gasteiger partial charge on any atom is 0.305 e. The van der Waals surface area contributed by atoms with Crippen molar-refractivity contribution in [3.63, 3.8) is 0 Å². The molecule has 1 N–H and O–H groups in total. The van der Waals surface area contributed by atoms with Crippen LogP contribution in [0.5, 0.6) is 0 Å². The Balaban J connectivity index is 2.48. The van der Waals surface area contributed by atoms with Crippen molar-refractivity contribution in [3.8, 4) is 0 Å². The van der Waals surface area contributed by atoms with Gasteiger partial charge in [0.15, 0.2) is 0 Å². The highest BCUT2D eigenvalue weighted by atomic mass is 16.5. The molecule has 1 aromatic carbocycles. The highest BCUT2D eigenvalue weighted by Gasteiger charge is 2.08. The lowest BCUT2D eigenvalue weighted by Crippen LogP contribution is -2.25. The zero-order chi connectivity index (χ0) is 14.3. The number of esters is 1. The molecule has 0 heterocycles. The topological polar surface area (TPSA) is 38.3 Å². The molecule has 0 amide bonds. The van der Waals surface area contributed by atoms with Gasteiger partial charge < -0.3 is 10.1 Å². The number of hydrogen-bond donors (Lipinski definition) is 1. The maximum atomic E-state index is 10.9. The van der Waals surface area contributed by atoms with Crippen LogP contribution >= 0.6 is 0 Å². The van der Waals surface area contributed by atoms with Crippen LogP contribution in [0.3, 0.4) is 0 Å². The Morgan fingerprint density at radius 2 is 1.89 bits per heavy atom. The number of hydrogen-bond acceptors (Lipinski definition) is 3. The third-order valence-corrected chi connectivity index (χ3v) is 2.37. The van der Waals surface area contributed by atoms with Crippen LogP contribution in [0.1, 0.15) is 39.7 Å². The molecule has 3 heteroatoms. The van der Waals surface area contributed by atoms with E-state index in [9.17, 15) is 4.79 Å². The van der Waals surface area contributed by atoms with E-state index in [4.69, 9.17) is 4.74 Å². The molecule has 0 radical (unpaired) electrons. The van der Waals surface area contributed by atoms with Crippen molar-refractivity contribution in [3.05, 3.63) is 35.9 Å². The van der Waals surface area contributed by atoms with Crippen molar-refractivity contribution in [2.24, 2.45) is 0 Å². The summed E-state index contributed by atoms with van der Waals surface area (Å²) in [6.07, 6.45) is 4.21. The molecule has 0 aliphatic heterocycles. The van der Waals surface area contributed by atoms with Gasteiger partial charge >= 0.3 is 5.97 Å². The monoisotopic (exact) mass is 261 g/mol. The van der Waals surface area contributed by atoms with Gasteiger partial charge in [-0.3, -0.25) is 4.79 Å². The molecule has 19 heavy (non-hydrogen) atoms. The van der Waals surface area contributed by atoms with E-state index in [1.807, 2.05) is 36.4 Å². The summed E-state index contributed by atoms with van der Waals surface area (Å²) in [6.45, 7) is 8.50. The lowest BCUT2D eigenvalue weighted by Gasteiger charge is -2.22.